The second kappa shape index (κ2) is 3.01. The summed E-state index contributed by atoms with van der Waals surface area (Å²) >= 11 is 0. The summed E-state index contributed by atoms with van der Waals surface area (Å²) in [6, 6.07) is -0.295. The standard InChI is InChI=1S/C7H11NO4/c1-10-5-2-8-6-4(12-5)3-11-7(6)9/h4-6,8H,2-3H2,1H3/t4-,5+,6-/m0/s1. The average molecular weight is 173 g/mol. The van der Waals surface area contributed by atoms with Gasteiger partial charge in [-0.25, -0.2) is 0 Å². The number of hydrogen-bond donors (Lipinski definition) is 1. The Labute approximate surface area is 70.0 Å². The minimum atomic E-state index is -0.295. The first-order valence-electron chi connectivity index (χ1n) is 3.89. The molecule has 0 aliphatic carbocycles. The highest BCUT2D eigenvalue weighted by atomic mass is 16.7. The van der Waals surface area contributed by atoms with Gasteiger partial charge in [0.25, 0.3) is 0 Å². The van der Waals surface area contributed by atoms with E-state index in [1.807, 2.05) is 0 Å². The van der Waals surface area contributed by atoms with E-state index in [1.165, 1.54) is 0 Å². The molecule has 68 valence electrons. The smallest absolute Gasteiger partial charge is 0.326 e. The Morgan fingerprint density at radius 1 is 1.67 bits per heavy atom. The van der Waals surface area contributed by atoms with Crippen LogP contribution >= 0.6 is 0 Å². The molecule has 2 heterocycles. The number of ether oxygens (including phenoxy) is 3. The molecule has 0 aromatic carbocycles. The molecular formula is C7H11NO4. The Bertz CT molecular complexity index is 196. The van der Waals surface area contributed by atoms with E-state index in [0.717, 1.165) is 0 Å². The van der Waals surface area contributed by atoms with Gasteiger partial charge >= 0.3 is 5.97 Å². The van der Waals surface area contributed by atoms with Crippen LogP contribution in [-0.2, 0) is 19.0 Å². The van der Waals surface area contributed by atoms with E-state index in [2.05, 4.69) is 5.32 Å². The molecule has 0 saturated carbocycles. The first-order valence-corrected chi connectivity index (χ1v) is 3.89. The molecule has 0 radical (unpaired) electrons. The van der Waals surface area contributed by atoms with Gasteiger partial charge in [0.2, 0.25) is 0 Å². The number of carbonyl (C=O) groups excluding carboxylic acids is 1. The van der Waals surface area contributed by atoms with E-state index in [9.17, 15) is 4.79 Å². The quantitative estimate of drug-likeness (QED) is 0.509. The van der Waals surface area contributed by atoms with Crippen molar-refractivity contribution in [3.8, 4) is 0 Å². The van der Waals surface area contributed by atoms with Crippen LogP contribution in [0.5, 0.6) is 0 Å². The largest absolute Gasteiger partial charge is 0.462 e. The first kappa shape index (κ1) is 7.97. The molecule has 3 atom stereocenters. The van der Waals surface area contributed by atoms with Crippen molar-refractivity contribution in [3.05, 3.63) is 0 Å². The highest BCUT2D eigenvalue weighted by Gasteiger charge is 2.42. The number of carbonyl (C=O) groups is 1. The summed E-state index contributed by atoms with van der Waals surface area (Å²) in [5.41, 5.74) is 0. The average Bonchev–Trinajstić information content (AvgIpc) is 2.47. The molecule has 2 saturated heterocycles. The molecule has 2 aliphatic heterocycles. The minimum Gasteiger partial charge on any atom is -0.462 e. The van der Waals surface area contributed by atoms with Gasteiger partial charge in [-0.2, -0.15) is 0 Å². The SMILES string of the molecule is CO[C@H]1CN[C@@H]2C(=O)OC[C@@H]2O1. The highest BCUT2D eigenvalue weighted by Crippen LogP contribution is 2.17. The lowest BCUT2D eigenvalue weighted by molar-refractivity contribution is -0.175. The third kappa shape index (κ3) is 1.20. The number of esters is 1. The lowest BCUT2D eigenvalue weighted by atomic mass is 10.2. The number of cyclic esters (lactones) is 1. The van der Waals surface area contributed by atoms with E-state index in [4.69, 9.17) is 14.2 Å². The van der Waals surface area contributed by atoms with Gasteiger partial charge in [0.1, 0.15) is 18.8 Å². The summed E-state index contributed by atoms with van der Waals surface area (Å²) < 4.78 is 15.2. The summed E-state index contributed by atoms with van der Waals surface area (Å²) in [4.78, 5) is 11.0. The van der Waals surface area contributed by atoms with Crippen molar-refractivity contribution in [2.24, 2.45) is 0 Å². The van der Waals surface area contributed by atoms with Crippen LogP contribution in [0.4, 0.5) is 0 Å². The molecule has 0 bridgehead atoms. The van der Waals surface area contributed by atoms with Crippen LogP contribution in [0.3, 0.4) is 0 Å². The molecule has 0 amide bonds. The zero-order valence-electron chi connectivity index (χ0n) is 6.78. The summed E-state index contributed by atoms with van der Waals surface area (Å²) in [6.07, 6.45) is -0.447. The van der Waals surface area contributed by atoms with Gasteiger partial charge < -0.3 is 14.2 Å². The molecule has 1 N–H and O–H groups in total. The third-order valence-corrected chi connectivity index (χ3v) is 2.11. The van der Waals surface area contributed by atoms with Crippen LogP contribution in [-0.4, -0.2) is 44.7 Å². The van der Waals surface area contributed by atoms with Crippen molar-refractivity contribution < 1.29 is 19.0 Å². The van der Waals surface area contributed by atoms with Gasteiger partial charge in [-0.15, -0.1) is 0 Å². The van der Waals surface area contributed by atoms with Crippen LogP contribution < -0.4 is 5.32 Å². The van der Waals surface area contributed by atoms with E-state index in [1.54, 1.807) is 7.11 Å². The summed E-state index contributed by atoms with van der Waals surface area (Å²) in [5.74, 6) is -0.227. The van der Waals surface area contributed by atoms with Gasteiger partial charge in [-0.3, -0.25) is 10.1 Å². The number of nitrogens with one attached hydrogen (secondary N) is 1. The number of fused-ring (bicyclic) bond motifs is 1. The van der Waals surface area contributed by atoms with Crippen LogP contribution in [0.2, 0.25) is 0 Å². The van der Waals surface area contributed by atoms with Crippen LogP contribution in [0.15, 0.2) is 0 Å². The Kier molecular flexibility index (Phi) is 2.00. The van der Waals surface area contributed by atoms with Crippen LogP contribution in [0.25, 0.3) is 0 Å². The van der Waals surface area contributed by atoms with Crippen molar-refractivity contribution in [1.29, 1.82) is 0 Å². The van der Waals surface area contributed by atoms with Crippen molar-refractivity contribution in [2.75, 3.05) is 20.3 Å². The number of morpholine rings is 1. The fourth-order valence-electron chi connectivity index (χ4n) is 1.44. The zero-order chi connectivity index (χ0) is 8.55. The Morgan fingerprint density at radius 3 is 3.25 bits per heavy atom. The summed E-state index contributed by atoms with van der Waals surface area (Å²) in [7, 11) is 1.57. The van der Waals surface area contributed by atoms with Gasteiger partial charge in [0, 0.05) is 13.7 Å². The highest BCUT2D eigenvalue weighted by molar-refractivity contribution is 5.78. The molecule has 5 nitrogen and oxygen atoms in total. The first-order chi connectivity index (χ1) is 5.81. The predicted octanol–water partition coefficient (Wildman–Crippen LogP) is -1.13. The molecule has 12 heavy (non-hydrogen) atoms. The number of rotatable bonds is 1. The third-order valence-electron chi connectivity index (χ3n) is 2.11. The second-order valence-electron chi connectivity index (χ2n) is 2.86. The number of hydrogen-bond acceptors (Lipinski definition) is 5. The van der Waals surface area contributed by atoms with Crippen LogP contribution in [0, 0.1) is 0 Å². The van der Waals surface area contributed by atoms with Gasteiger partial charge in [0.15, 0.2) is 6.29 Å². The monoisotopic (exact) mass is 173 g/mol. The summed E-state index contributed by atoms with van der Waals surface area (Å²) in [6.45, 7) is 0.864. The van der Waals surface area contributed by atoms with Gasteiger partial charge in [-0.1, -0.05) is 0 Å². The normalized spacial score (nSPS) is 40.8. The molecule has 0 aromatic rings. The zero-order valence-corrected chi connectivity index (χ0v) is 6.78. The molecule has 2 aliphatic rings. The van der Waals surface area contributed by atoms with Gasteiger partial charge in [-0.05, 0) is 0 Å². The lowest BCUT2D eigenvalue weighted by Crippen LogP contribution is -2.53. The molecule has 0 unspecified atom stereocenters. The summed E-state index contributed by atoms with van der Waals surface area (Å²) in [5, 5.41) is 3.01. The maximum Gasteiger partial charge on any atom is 0.326 e. The molecular weight excluding hydrogens is 162 g/mol. The maximum atomic E-state index is 11.0. The molecule has 2 fully saturated rings. The minimum absolute atomic E-state index is 0.184. The van der Waals surface area contributed by atoms with Crippen molar-refractivity contribution >= 4 is 5.97 Å². The lowest BCUT2D eigenvalue weighted by Gasteiger charge is -2.29. The molecule has 5 heteroatoms. The van der Waals surface area contributed by atoms with E-state index in [-0.39, 0.29) is 24.4 Å². The van der Waals surface area contributed by atoms with Crippen molar-refractivity contribution in [2.45, 2.75) is 18.4 Å². The second-order valence-corrected chi connectivity index (χ2v) is 2.86. The van der Waals surface area contributed by atoms with Crippen molar-refractivity contribution in [3.63, 3.8) is 0 Å². The Balaban J connectivity index is 1.99. The topological polar surface area (TPSA) is 56.8 Å². The van der Waals surface area contributed by atoms with Gasteiger partial charge in [0.05, 0.1) is 0 Å². The maximum absolute atomic E-state index is 11.0. The molecule has 2 rings (SSSR count). The van der Waals surface area contributed by atoms with Crippen molar-refractivity contribution in [1.82, 2.24) is 5.32 Å². The fourth-order valence-corrected chi connectivity index (χ4v) is 1.44. The van der Waals surface area contributed by atoms with E-state index < -0.39 is 0 Å². The Morgan fingerprint density at radius 2 is 2.50 bits per heavy atom. The number of methoxy groups -OCH3 is 1. The fraction of sp³-hybridized carbons (Fsp3) is 0.857. The predicted molar refractivity (Wildman–Crippen MR) is 38.4 cm³/mol. The Hall–Kier alpha value is -0.650. The van der Waals surface area contributed by atoms with E-state index >= 15 is 0 Å². The molecule has 0 aromatic heterocycles. The van der Waals surface area contributed by atoms with E-state index in [0.29, 0.717) is 13.2 Å². The van der Waals surface area contributed by atoms with Crippen LogP contribution in [0.1, 0.15) is 0 Å². The molecule has 0 spiro atoms.